The minimum atomic E-state index is -0.470. The largest absolute Gasteiger partial charge is 0.322 e. The van der Waals surface area contributed by atoms with Crippen molar-refractivity contribution in [2.75, 3.05) is 51.6 Å². The van der Waals surface area contributed by atoms with Gasteiger partial charge in [0, 0.05) is 44.5 Å². The molecule has 29 heavy (non-hydrogen) atoms. The Morgan fingerprint density at radius 3 is 2.69 bits per heavy atom. The average molecular weight is 423 g/mol. The fourth-order valence-electron chi connectivity index (χ4n) is 4.94. The van der Waals surface area contributed by atoms with E-state index in [1.165, 1.54) is 25.0 Å². The molecule has 1 aromatic rings. The number of carbonyl (C=O) groups excluding carboxylic acids is 1. The summed E-state index contributed by atoms with van der Waals surface area (Å²) in [6.07, 6.45) is 5.72. The third-order valence-corrected chi connectivity index (χ3v) is 7.15. The van der Waals surface area contributed by atoms with E-state index >= 15 is 0 Å². The van der Waals surface area contributed by atoms with Crippen molar-refractivity contribution in [1.82, 2.24) is 14.7 Å². The van der Waals surface area contributed by atoms with E-state index in [2.05, 4.69) is 22.2 Å². The lowest BCUT2D eigenvalue weighted by Crippen LogP contribution is -2.45. The number of hydrogen-bond acceptors (Lipinski definition) is 3. The SMILES string of the molecule is CN1CCN(CCCCN(C(=O)Nc2ccc(F)c(Cl)c2)C2CCC3CC32)CC1. The summed E-state index contributed by atoms with van der Waals surface area (Å²) in [6.45, 7) is 6.44. The number of nitrogens with one attached hydrogen (secondary N) is 1. The van der Waals surface area contributed by atoms with E-state index in [0.29, 0.717) is 17.6 Å². The van der Waals surface area contributed by atoms with E-state index in [4.69, 9.17) is 11.6 Å². The van der Waals surface area contributed by atoms with Crippen LogP contribution in [0.2, 0.25) is 5.02 Å². The topological polar surface area (TPSA) is 38.8 Å². The Labute approximate surface area is 178 Å². The first-order valence-electron chi connectivity index (χ1n) is 10.9. The zero-order valence-corrected chi connectivity index (χ0v) is 18.0. The fraction of sp³-hybridized carbons (Fsp3) is 0.682. The number of anilines is 1. The van der Waals surface area contributed by atoms with Gasteiger partial charge in [0.1, 0.15) is 5.82 Å². The molecule has 1 heterocycles. The van der Waals surface area contributed by atoms with Crippen LogP contribution in [0.1, 0.15) is 32.1 Å². The van der Waals surface area contributed by atoms with Gasteiger partial charge in [0.2, 0.25) is 0 Å². The summed E-state index contributed by atoms with van der Waals surface area (Å²) in [4.78, 5) is 20.0. The number of nitrogens with zero attached hydrogens (tertiary/aromatic N) is 3. The Bertz CT molecular complexity index is 725. The molecule has 3 unspecified atom stereocenters. The van der Waals surface area contributed by atoms with Gasteiger partial charge in [0.25, 0.3) is 0 Å². The molecular weight excluding hydrogens is 391 g/mol. The van der Waals surface area contributed by atoms with E-state index in [-0.39, 0.29) is 11.1 Å². The molecule has 1 aromatic carbocycles. The fourth-order valence-corrected chi connectivity index (χ4v) is 5.12. The molecule has 160 valence electrons. The maximum Gasteiger partial charge on any atom is 0.322 e. The molecule has 0 bridgehead atoms. The highest BCUT2D eigenvalue weighted by Gasteiger charge is 2.51. The van der Waals surface area contributed by atoms with Crippen molar-refractivity contribution in [3.8, 4) is 0 Å². The van der Waals surface area contributed by atoms with Crippen LogP contribution in [0.25, 0.3) is 0 Å². The number of carbonyl (C=O) groups is 1. The summed E-state index contributed by atoms with van der Waals surface area (Å²) < 4.78 is 13.4. The Kier molecular flexibility index (Phi) is 6.62. The second kappa shape index (κ2) is 9.19. The standard InChI is InChI=1S/C22H32ClFN4O/c1-26-10-12-27(13-11-26)8-2-3-9-28(21-7-4-16-14-18(16)21)22(29)25-17-5-6-20(24)19(23)15-17/h5-6,15-16,18,21H,2-4,7-14H2,1H3,(H,25,29). The van der Waals surface area contributed by atoms with Crippen LogP contribution in [0.3, 0.4) is 0 Å². The lowest BCUT2D eigenvalue weighted by atomic mass is 10.1. The number of halogens is 2. The van der Waals surface area contributed by atoms with Gasteiger partial charge in [0.15, 0.2) is 0 Å². The van der Waals surface area contributed by atoms with Gasteiger partial charge in [-0.05, 0) is 75.7 Å². The molecule has 4 rings (SSSR count). The molecule has 5 nitrogen and oxygen atoms in total. The molecule has 1 saturated heterocycles. The maximum absolute atomic E-state index is 13.4. The number of likely N-dealkylation sites (N-methyl/N-ethyl adjacent to an activating group) is 1. The predicted octanol–water partition coefficient (Wildman–Crippen LogP) is 4.14. The number of rotatable bonds is 7. The van der Waals surface area contributed by atoms with Crippen LogP contribution in [0.4, 0.5) is 14.9 Å². The number of urea groups is 1. The number of hydrogen-bond donors (Lipinski definition) is 1. The van der Waals surface area contributed by atoms with Crippen LogP contribution in [-0.4, -0.2) is 73.1 Å². The predicted molar refractivity (Wildman–Crippen MR) is 115 cm³/mol. The lowest BCUT2D eigenvalue weighted by molar-refractivity contribution is 0.147. The van der Waals surface area contributed by atoms with Crippen molar-refractivity contribution in [2.45, 2.75) is 38.1 Å². The molecule has 3 fully saturated rings. The lowest BCUT2D eigenvalue weighted by Gasteiger charge is -2.33. The molecule has 0 aromatic heterocycles. The number of unbranched alkanes of at least 4 members (excludes halogenated alkanes) is 1. The summed E-state index contributed by atoms with van der Waals surface area (Å²) in [5.41, 5.74) is 0.550. The number of benzene rings is 1. The quantitative estimate of drug-likeness (QED) is 0.671. The van der Waals surface area contributed by atoms with Gasteiger partial charge in [-0.2, -0.15) is 0 Å². The van der Waals surface area contributed by atoms with E-state index < -0.39 is 5.82 Å². The van der Waals surface area contributed by atoms with Crippen molar-refractivity contribution in [2.24, 2.45) is 11.8 Å². The normalized spacial score (nSPS) is 26.9. The monoisotopic (exact) mass is 422 g/mol. The van der Waals surface area contributed by atoms with Crippen LogP contribution in [0, 0.1) is 17.7 Å². The smallest absolute Gasteiger partial charge is 0.321 e. The Morgan fingerprint density at radius 1 is 1.24 bits per heavy atom. The minimum Gasteiger partial charge on any atom is -0.321 e. The summed E-state index contributed by atoms with van der Waals surface area (Å²) >= 11 is 5.87. The van der Waals surface area contributed by atoms with E-state index in [1.54, 1.807) is 6.07 Å². The first-order valence-corrected chi connectivity index (χ1v) is 11.3. The van der Waals surface area contributed by atoms with Crippen molar-refractivity contribution in [3.63, 3.8) is 0 Å². The molecule has 0 radical (unpaired) electrons. The van der Waals surface area contributed by atoms with Crippen LogP contribution in [-0.2, 0) is 0 Å². The Hall–Kier alpha value is -1.37. The molecule has 7 heteroatoms. The van der Waals surface area contributed by atoms with Crippen molar-refractivity contribution < 1.29 is 9.18 Å². The maximum atomic E-state index is 13.4. The summed E-state index contributed by atoms with van der Waals surface area (Å²) in [5, 5.41) is 2.97. The first-order chi connectivity index (χ1) is 14.0. The number of fused-ring (bicyclic) bond motifs is 1. The van der Waals surface area contributed by atoms with Crippen LogP contribution in [0.5, 0.6) is 0 Å². The highest BCUT2D eigenvalue weighted by molar-refractivity contribution is 6.31. The third-order valence-electron chi connectivity index (χ3n) is 6.86. The van der Waals surface area contributed by atoms with Gasteiger partial charge in [-0.3, -0.25) is 0 Å². The third kappa shape index (κ3) is 5.22. The van der Waals surface area contributed by atoms with E-state index in [1.807, 2.05) is 4.90 Å². The van der Waals surface area contributed by atoms with Crippen LogP contribution < -0.4 is 5.32 Å². The molecule has 0 spiro atoms. The van der Waals surface area contributed by atoms with Gasteiger partial charge in [-0.25, -0.2) is 9.18 Å². The van der Waals surface area contributed by atoms with Crippen LogP contribution >= 0.6 is 11.6 Å². The Balaban J connectivity index is 1.31. The molecule has 1 N–H and O–H groups in total. The van der Waals surface area contributed by atoms with Gasteiger partial charge in [-0.15, -0.1) is 0 Å². The second-order valence-corrected chi connectivity index (χ2v) is 9.32. The van der Waals surface area contributed by atoms with E-state index in [0.717, 1.165) is 64.4 Å². The van der Waals surface area contributed by atoms with E-state index in [9.17, 15) is 9.18 Å². The summed E-state index contributed by atoms with van der Waals surface area (Å²) in [6, 6.07) is 4.61. The van der Waals surface area contributed by atoms with Gasteiger partial charge < -0.3 is 20.0 Å². The molecule has 2 amide bonds. The zero-order chi connectivity index (χ0) is 20.4. The minimum absolute atomic E-state index is 0.0321. The molecule has 2 aliphatic carbocycles. The molecule has 2 saturated carbocycles. The zero-order valence-electron chi connectivity index (χ0n) is 17.2. The Morgan fingerprint density at radius 2 is 2.03 bits per heavy atom. The van der Waals surface area contributed by atoms with Gasteiger partial charge >= 0.3 is 6.03 Å². The highest BCUT2D eigenvalue weighted by atomic mass is 35.5. The van der Waals surface area contributed by atoms with Crippen molar-refractivity contribution in [3.05, 3.63) is 29.0 Å². The van der Waals surface area contributed by atoms with Gasteiger partial charge in [-0.1, -0.05) is 11.6 Å². The second-order valence-electron chi connectivity index (χ2n) is 8.91. The average Bonchev–Trinajstić information content (AvgIpc) is 3.37. The summed E-state index contributed by atoms with van der Waals surface area (Å²) in [7, 11) is 2.18. The van der Waals surface area contributed by atoms with Crippen molar-refractivity contribution >= 4 is 23.3 Å². The van der Waals surface area contributed by atoms with Gasteiger partial charge in [0.05, 0.1) is 5.02 Å². The molecule has 3 atom stereocenters. The summed E-state index contributed by atoms with van der Waals surface area (Å²) in [5.74, 6) is 1.03. The molecule has 1 aliphatic heterocycles. The number of piperazine rings is 1. The first kappa shape index (κ1) is 20.9. The molecule has 3 aliphatic rings. The van der Waals surface area contributed by atoms with Crippen LogP contribution in [0.15, 0.2) is 18.2 Å². The number of amides is 2. The van der Waals surface area contributed by atoms with Crippen molar-refractivity contribution in [1.29, 1.82) is 0 Å². The highest BCUT2D eigenvalue weighted by Crippen LogP contribution is 2.53. The molecular formula is C22H32ClFN4O.